The summed E-state index contributed by atoms with van der Waals surface area (Å²) in [6.45, 7) is 1.89. The van der Waals surface area contributed by atoms with Crippen LogP contribution in [-0.2, 0) is 0 Å². The van der Waals surface area contributed by atoms with Crippen LogP contribution in [0.1, 0.15) is 29.2 Å². The molecule has 5 nitrogen and oxygen atoms in total. The SMILES string of the molecule is C[C@H](NC(=O)c1nnc(-c2ccc(Cl)cc2)o1)c1ccccc1. The van der Waals surface area contributed by atoms with Gasteiger partial charge in [0.15, 0.2) is 0 Å². The van der Waals surface area contributed by atoms with Crippen molar-refractivity contribution in [3.8, 4) is 11.5 Å². The van der Waals surface area contributed by atoms with E-state index in [-0.39, 0.29) is 17.8 Å². The molecule has 0 aliphatic heterocycles. The molecule has 0 unspecified atom stereocenters. The number of carbonyl (C=O) groups excluding carboxylic acids is 1. The number of benzene rings is 2. The van der Waals surface area contributed by atoms with Crippen molar-refractivity contribution >= 4 is 17.5 Å². The number of aromatic nitrogens is 2. The van der Waals surface area contributed by atoms with Gasteiger partial charge in [-0.25, -0.2) is 0 Å². The van der Waals surface area contributed by atoms with Crippen LogP contribution in [0.25, 0.3) is 11.5 Å². The first-order chi connectivity index (χ1) is 11.1. The second-order valence-electron chi connectivity index (χ2n) is 5.03. The van der Waals surface area contributed by atoms with Crippen LogP contribution in [0.15, 0.2) is 59.0 Å². The summed E-state index contributed by atoms with van der Waals surface area (Å²) in [7, 11) is 0. The minimum absolute atomic E-state index is 0.0715. The Morgan fingerprint density at radius 1 is 1.09 bits per heavy atom. The molecule has 3 aromatic rings. The zero-order chi connectivity index (χ0) is 16.2. The van der Waals surface area contributed by atoms with Crippen molar-refractivity contribution in [1.82, 2.24) is 15.5 Å². The molecule has 1 heterocycles. The lowest BCUT2D eigenvalue weighted by atomic mass is 10.1. The van der Waals surface area contributed by atoms with Gasteiger partial charge in [-0.1, -0.05) is 41.9 Å². The van der Waals surface area contributed by atoms with Crippen molar-refractivity contribution in [2.75, 3.05) is 0 Å². The third-order valence-electron chi connectivity index (χ3n) is 3.36. The van der Waals surface area contributed by atoms with Crippen molar-refractivity contribution in [3.05, 3.63) is 71.1 Å². The summed E-state index contributed by atoms with van der Waals surface area (Å²) in [4.78, 5) is 12.2. The van der Waals surface area contributed by atoms with Gasteiger partial charge in [0.2, 0.25) is 5.89 Å². The van der Waals surface area contributed by atoms with Crippen LogP contribution in [0, 0.1) is 0 Å². The number of hydrogen-bond acceptors (Lipinski definition) is 4. The number of rotatable bonds is 4. The summed E-state index contributed by atoms with van der Waals surface area (Å²) in [5.41, 5.74) is 1.70. The largest absolute Gasteiger partial charge is 0.412 e. The normalized spacial score (nSPS) is 11.9. The van der Waals surface area contributed by atoms with E-state index in [1.165, 1.54) is 0 Å². The average molecular weight is 328 g/mol. The summed E-state index contributed by atoms with van der Waals surface area (Å²) in [6.07, 6.45) is 0. The van der Waals surface area contributed by atoms with Crippen molar-refractivity contribution < 1.29 is 9.21 Å². The molecule has 0 spiro atoms. The first-order valence-corrected chi connectivity index (χ1v) is 7.46. The zero-order valence-corrected chi connectivity index (χ0v) is 13.1. The highest BCUT2D eigenvalue weighted by molar-refractivity contribution is 6.30. The molecule has 1 aromatic heterocycles. The minimum Gasteiger partial charge on any atom is -0.412 e. The standard InChI is InChI=1S/C17H14ClN3O2/c1-11(12-5-3-2-4-6-12)19-15(22)17-21-20-16(23-17)13-7-9-14(18)10-8-13/h2-11H,1H3,(H,19,22)/t11-/m0/s1. The Hall–Kier alpha value is -2.66. The van der Waals surface area contributed by atoms with Crippen molar-refractivity contribution in [3.63, 3.8) is 0 Å². The van der Waals surface area contributed by atoms with Gasteiger partial charge in [0, 0.05) is 10.6 Å². The molecule has 0 fully saturated rings. The maximum absolute atomic E-state index is 12.2. The molecule has 0 saturated carbocycles. The highest BCUT2D eigenvalue weighted by Gasteiger charge is 2.18. The molecule has 3 rings (SSSR count). The fourth-order valence-electron chi connectivity index (χ4n) is 2.11. The monoisotopic (exact) mass is 327 g/mol. The van der Waals surface area contributed by atoms with Crippen LogP contribution in [0.2, 0.25) is 5.02 Å². The van der Waals surface area contributed by atoms with Gasteiger partial charge in [-0.2, -0.15) is 0 Å². The lowest BCUT2D eigenvalue weighted by Crippen LogP contribution is -2.26. The molecule has 0 bridgehead atoms. The third-order valence-corrected chi connectivity index (χ3v) is 3.61. The van der Waals surface area contributed by atoms with E-state index < -0.39 is 5.91 Å². The lowest BCUT2D eigenvalue weighted by molar-refractivity contribution is 0.0905. The maximum Gasteiger partial charge on any atom is 0.309 e. The van der Waals surface area contributed by atoms with Gasteiger partial charge in [-0.3, -0.25) is 4.79 Å². The number of hydrogen-bond donors (Lipinski definition) is 1. The highest BCUT2D eigenvalue weighted by atomic mass is 35.5. The fourth-order valence-corrected chi connectivity index (χ4v) is 2.23. The van der Waals surface area contributed by atoms with Crippen LogP contribution < -0.4 is 5.32 Å². The first-order valence-electron chi connectivity index (χ1n) is 7.09. The predicted octanol–water partition coefficient (Wildman–Crippen LogP) is 3.88. The summed E-state index contributed by atoms with van der Waals surface area (Å²) in [5.74, 6) is -0.203. The molecule has 0 saturated heterocycles. The Morgan fingerprint density at radius 2 is 1.78 bits per heavy atom. The van der Waals surface area contributed by atoms with E-state index in [0.29, 0.717) is 10.6 Å². The molecular formula is C17H14ClN3O2. The molecule has 1 atom stereocenters. The van der Waals surface area contributed by atoms with Gasteiger partial charge in [0.1, 0.15) is 0 Å². The van der Waals surface area contributed by atoms with Crippen LogP contribution in [-0.4, -0.2) is 16.1 Å². The molecule has 6 heteroatoms. The van der Waals surface area contributed by atoms with Gasteiger partial charge < -0.3 is 9.73 Å². The summed E-state index contributed by atoms with van der Waals surface area (Å²) < 4.78 is 5.43. The number of amides is 1. The molecule has 2 aromatic carbocycles. The number of carbonyl (C=O) groups is 1. The van der Waals surface area contributed by atoms with Crippen molar-refractivity contribution in [1.29, 1.82) is 0 Å². The number of nitrogens with zero attached hydrogens (tertiary/aromatic N) is 2. The smallest absolute Gasteiger partial charge is 0.309 e. The quantitative estimate of drug-likeness (QED) is 0.789. The van der Waals surface area contributed by atoms with Crippen LogP contribution in [0.4, 0.5) is 0 Å². The highest BCUT2D eigenvalue weighted by Crippen LogP contribution is 2.20. The molecule has 0 radical (unpaired) electrons. The third kappa shape index (κ3) is 3.57. The molecule has 23 heavy (non-hydrogen) atoms. The van der Waals surface area contributed by atoms with E-state index >= 15 is 0 Å². The summed E-state index contributed by atoms with van der Waals surface area (Å²) in [6, 6.07) is 16.4. The molecule has 116 valence electrons. The van der Waals surface area contributed by atoms with E-state index in [9.17, 15) is 4.79 Å². The zero-order valence-electron chi connectivity index (χ0n) is 12.4. The lowest BCUT2D eigenvalue weighted by Gasteiger charge is -2.12. The van der Waals surface area contributed by atoms with Crippen LogP contribution in [0.3, 0.4) is 0 Å². The summed E-state index contributed by atoms with van der Waals surface area (Å²) >= 11 is 5.84. The molecular weight excluding hydrogens is 314 g/mol. The Kier molecular flexibility index (Phi) is 4.39. The van der Waals surface area contributed by atoms with Crippen LogP contribution >= 0.6 is 11.6 Å². The van der Waals surface area contributed by atoms with Gasteiger partial charge in [0.05, 0.1) is 6.04 Å². The average Bonchev–Trinajstić information content (AvgIpc) is 3.06. The molecule has 0 aliphatic rings. The first kappa shape index (κ1) is 15.2. The summed E-state index contributed by atoms with van der Waals surface area (Å²) in [5, 5.41) is 11.1. The molecule has 1 amide bonds. The Bertz CT molecular complexity index is 800. The second-order valence-corrected chi connectivity index (χ2v) is 5.46. The molecule has 1 N–H and O–H groups in total. The van der Waals surface area contributed by atoms with Gasteiger partial charge >= 0.3 is 11.8 Å². The van der Waals surface area contributed by atoms with E-state index in [0.717, 1.165) is 5.56 Å². The minimum atomic E-state index is -0.408. The van der Waals surface area contributed by atoms with Gasteiger partial charge in [-0.15, -0.1) is 10.2 Å². The fraction of sp³-hybridized carbons (Fsp3) is 0.118. The predicted molar refractivity (Wildman–Crippen MR) is 87.1 cm³/mol. The topological polar surface area (TPSA) is 68.0 Å². The number of halogens is 1. The van der Waals surface area contributed by atoms with Gasteiger partial charge in [-0.05, 0) is 36.8 Å². The van der Waals surface area contributed by atoms with Crippen molar-refractivity contribution in [2.45, 2.75) is 13.0 Å². The Morgan fingerprint density at radius 3 is 2.48 bits per heavy atom. The van der Waals surface area contributed by atoms with E-state index in [1.807, 2.05) is 37.3 Å². The van der Waals surface area contributed by atoms with E-state index in [2.05, 4.69) is 15.5 Å². The Balaban J connectivity index is 1.72. The van der Waals surface area contributed by atoms with E-state index in [1.54, 1.807) is 24.3 Å². The maximum atomic E-state index is 12.2. The van der Waals surface area contributed by atoms with E-state index in [4.69, 9.17) is 16.0 Å². The van der Waals surface area contributed by atoms with Gasteiger partial charge in [0.25, 0.3) is 0 Å². The second kappa shape index (κ2) is 6.62. The molecule has 0 aliphatic carbocycles. The van der Waals surface area contributed by atoms with Crippen LogP contribution in [0.5, 0.6) is 0 Å². The van der Waals surface area contributed by atoms with Crippen molar-refractivity contribution in [2.24, 2.45) is 0 Å². The number of nitrogens with one attached hydrogen (secondary N) is 1. The Labute approximate surface area is 138 Å².